The molecule has 94 valence electrons. The number of amides is 1. The molecule has 7 heteroatoms. The van der Waals surface area contributed by atoms with Crippen LogP contribution >= 0.6 is 27.7 Å². The van der Waals surface area contributed by atoms with Gasteiger partial charge in [0.1, 0.15) is 0 Å². The van der Waals surface area contributed by atoms with E-state index in [4.69, 9.17) is 11.5 Å². The highest BCUT2D eigenvalue weighted by Crippen LogP contribution is 2.35. The van der Waals surface area contributed by atoms with E-state index in [9.17, 15) is 4.79 Å². The third-order valence-electron chi connectivity index (χ3n) is 2.35. The van der Waals surface area contributed by atoms with Crippen molar-refractivity contribution >= 4 is 39.3 Å². The molecule has 2 rings (SSSR count). The Hall–Kier alpha value is -1.47. The van der Waals surface area contributed by atoms with Gasteiger partial charge in [-0.25, -0.2) is 4.98 Å². The number of rotatable bonds is 3. The number of aromatic nitrogens is 2. The average Bonchev–Trinajstić information content (AvgIpc) is 2.67. The summed E-state index contributed by atoms with van der Waals surface area (Å²) in [7, 11) is 1.90. The number of aryl methyl sites for hydroxylation is 1. The molecule has 1 amide bonds. The Kier molecular flexibility index (Phi) is 3.63. The molecule has 0 spiro atoms. The number of benzene rings is 1. The van der Waals surface area contributed by atoms with Gasteiger partial charge in [0.25, 0.3) is 5.91 Å². The molecule has 4 N–H and O–H groups in total. The molecular formula is C11H11BrN4OS. The van der Waals surface area contributed by atoms with E-state index >= 15 is 0 Å². The number of halogens is 1. The highest BCUT2D eigenvalue weighted by Gasteiger charge is 2.13. The smallest absolute Gasteiger partial charge is 0.250 e. The van der Waals surface area contributed by atoms with Crippen molar-refractivity contribution in [1.29, 1.82) is 0 Å². The number of nitrogens with zero attached hydrogens (tertiary/aromatic N) is 2. The molecule has 0 bridgehead atoms. The summed E-state index contributed by atoms with van der Waals surface area (Å²) < 4.78 is 2.69. The van der Waals surface area contributed by atoms with Gasteiger partial charge in [0.2, 0.25) is 0 Å². The fraction of sp³-hybridized carbons (Fsp3) is 0.0909. The van der Waals surface area contributed by atoms with E-state index in [1.54, 1.807) is 18.3 Å². The Morgan fingerprint density at radius 1 is 1.50 bits per heavy atom. The molecule has 0 saturated carbocycles. The largest absolute Gasteiger partial charge is 0.398 e. The first-order valence-electron chi connectivity index (χ1n) is 5.03. The summed E-state index contributed by atoms with van der Waals surface area (Å²) in [6, 6.07) is 3.34. The fourth-order valence-corrected chi connectivity index (χ4v) is 2.86. The highest BCUT2D eigenvalue weighted by atomic mass is 79.9. The second-order valence-electron chi connectivity index (χ2n) is 3.66. The van der Waals surface area contributed by atoms with Crippen molar-refractivity contribution < 1.29 is 4.79 Å². The minimum Gasteiger partial charge on any atom is -0.398 e. The average molecular weight is 327 g/mol. The predicted molar refractivity (Wildman–Crippen MR) is 74.4 cm³/mol. The van der Waals surface area contributed by atoms with Crippen LogP contribution in [0.25, 0.3) is 0 Å². The molecule has 0 radical (unpaired) electrons. The van der Waals surface area contributed by atoms with E-state index < -0.39 is 5.91 Å². The Balaban J connectivity index is 2.42. The van der Waals surface area contributed by atoms with Crippen molar-refractivity contribution in [2.45, 2.75) is 10.1 Å². The number of hydrogen-bond acceptors (Lipinski definition) is 4. The summed E-state index contributed by atoms with van der Waals surface area (Å²) in [4.78, 5) is 16.3. The molecule has 1 aromatic carbocycles. The molecule has 0 fully saturated rings. The lowest BCUT2D eigenvalue weighted by atomic mass is 10.2. The number of anilines is 1. The number of carbonyl (C=O) groups excluding carboxylic acids is 1. The molecule has 0 unspecified atom stereocenters. The lowest BCUT2D eigenvalue weighted by Gasteiger charge is -2.08. The zero-order valence-corrected chi connectivity index (χ0v) is 12.0. The van der Waals surface area contributed by atoms with Crippen LogP contribution < -0.4 is 11.5 Å². The minimum atomic E-state index is -0.540. The SMILES string of the molecule is Cn1ccnc1Sc1cc(C(N)=O)c(N)cc1Br. The van der Waals surface area contributed by atoms with Gasteiger partial charge in [-0.15, -0.1) is 0 Å². The summed E-state index contributed by atoms with van der Waals surface area (Å²) in [6.07, 6.45) is 3.56. The number of hydrogen-bond donors (Lipinski definition) is 2. The van der Waals surface area contributed by atoms with Crippen molar-refractivity contribution in [2.75, 3.05) is 5.73 Å². The molecule has 5 nitrogen and oxygen atoms in total. The van der Waals surface area contributed by atoms with Gasteiger partial charge in [0.05, 0.1) is 5.56 Å². The number of primary amides is 1. The van der Waals surface area contributed by atoms with E-state index in [0.717, 1.165) is 14.5 Å². The van der Waals surface area contributed by atoms with Crippen LogP contribution in [0.2, 0.25) is 0 Å². The maximum atomic E-state index is 11.3. The normalized spacial score (nSPS) is 10.6. The minimum absolute atomic E-state index is 0.315. The third-order valence-corrected chi connectivity index (χ3v) is 4.40. The van der Waals surface area contributed by atoms with Gasteiger partial charge in [0, 0.05) is 34.5 Å². The lowest BCUT2D eigenvalue weighted by molar-refractivity contribution is 0.100. The van der Waals surface area contributed by atoms with E-state index in [-0.39, 0.29) is 0 Å². The van der Waals surface area contributed by atoms with Gasteiger partial charge in [-0.2, -0.15) is 0 Å². The molecule has 0 aliphatic rings. The molecule has 1 aromatic heterocycles. The monoisotopic (exact) mass is 326 g/mol. The van der Waals surface area contributed by atoms with Gasteiger partial charge in [-0.05, 0) is 28.1 Å². The molecular weight excluding hydrogens is 316 g/mol. The Labute approximate surface area is 117 Å². The quantitative estimate of drug-likeness (QED) is 0.845. The van der Waals surface area contributed by atoms with Gasteiger partial charge >= 0.3 is 0 Å². The lowest BCUT2D eigenvalue weighted by Crippen LogP contribution is -2.13. The molecule has 1 heterocycles. The van der Waals surface area contributed by atoms with Crippen LogP contribution in [0.5, 0.6) is 0 Å². The van der Waals surface area contributed by atoms with Crippen molar-refractivity contribution in [1.82, 2.24) is 9.55 Å². The number of nitrogens with two attached hydrogens (primary N) is 2. The second-order valence-corrected chi connectivity index (χ2v) is 5.52. The summed E-state index contributed by atoms with van der Waals surface area (Å²) in [6.45, 7) is 0. The van der Waals surface area contributed by atoms with Crippen molar-refractivity contribution in [2.24, 2.45) is 12.8 Å². The number of nitrogen functional groups attached to an aromatic ring is 1. The topological polar surface area (TPSA) is 86.9 Å². The molecule has 0 atom stereocenters. The first-order chi connectivity index (χ1) is 8.49. The zero-order valence-electron chi connectivity index (χ0n) is 9.55. The second kappa shape index (κ2) is 5.03. The molecule has 0 aliphatic carbocycles. The molecule has 2 aromatic rings. The molecule has 0 saturated heterocycles. The predicted octanol–water partition coefficient (Wildman–Crippen LogP) is 2.01. The Bertz CT molecular complexity index is 611. The summed E-state index contributed by atoms with van der Waals surface area (Å²) >= 11 is 4.84. The first-order valence-corrected chi connectivity index (χ1v) is 6.64. The van der Waals surface area contributed by atoms with Gasteiger partial charge in [-0.3, -0.25) is 4.79 Å². The van der Waals surface area contributed by atoms with Crippen LogP contribution in [0, 0.1) is 0 Å². The standard InChI is InChI=1S/C11H11BrN4OS/c1-16-3-2-15-11(16)18-9-4-6(10(14)17)8(13)5-7(9)12/h2-5H,13H2,1H3,(H2,14,17). The Morgan fingerprint density at radius 3 is 2.78 bits per heavy atom. The summed E-state index contributed by atoms with van der Waals surface area (Å²) in [5.74, 6) is -0.540. The van der Waals surface area contributed by atoms with Crippen LogP contribution in [0.15, 0.2) is 39.1 Å². The Morgan fingerprint density at radius 2 is 2.22 bits per heavy atom. The fourth-order valence-electron chi connectivity index (χ4n) is 1.41. The maximum Gasteiger partial charge on any atom is 0.250 e. The van der Waals surface area contributed by atoms with E-state index in [0.29, 0.717) is 11.3 Å². The zero-order chi connectivity index (χ0) is 13.3. The van der Waals surface area contributed by atoms with Crippen LogP contribution in [-0.2, 0) is 7.05 Å². The van der Waals surface area contributed by atoms with E-state index in [1.165, 1.54) is 11.8 Å². The van der Waals surface area contributed by atoms with E-state index in [1.807, 2.05) is 17.8 Å². The molecule has 0 aliphatic heterocycles. The van der Waals surface area contributed by atoms with Crippen LogP contribution in [-0.4, -0.2) is 15.5 Å². The summed E-state index contributed by atoms with van der Waals surface area (Å²) in [5, 5.41) is 0.816. The van der Waals surface area contributed by atoms with Crippen molar-refractivity contribution in [3.8, 4) is 0 Å². The van der Waals surface area contributed by atoms with Gasteiger partial charge < -0.3 is 16.0 Å². The first kappa shape index (κ1) is 13.0. The van der Waals surface area contributed by atoms with Crippen molar-refractivity contribution in [3.63, 3.8) is 0 Å². The highest BCUT2D eigenvalue weighted by molar-refractivity contribution is 9.10. The van der Waals surface area contributed by atoms with Crippen LogP contribution in [0.1, 0.15) is 10.4 Å². The van der Waals surface area contributed by atoms with E-state index in [2.05, 4.69) is 20.9 Å². The number of carbonyl (C=O) groups is 1. The van der Waals surface area contributed by atoms with Gasteiger partial charge in [0.15, 0.2) is 5.16 Å². The maximum absolute atomic E-state index is 11.3. The molecule has 18 heavy (non-hydrogen) atoms. The van der Waals surface area contributed by atoms with Crippen molar-refractivity contribution in [3.05, 3.63) is 34.6 Å². The summed E-state index contributed by atoms with van der Waals surface area (Å²) in [5.41, 5.74) is 11.7. The third kappa shape index (κ3) is 2.51. The van der Waals surface area contributed by atoms with Crippen LogP contribution in [0.4, 0.5) is 5.69 Å². The van der Waals surface area contributed by atoms with Gasteiger partial charge in [-0.1, -0.05) is 11.8 Å². The van der Waals surface area contributed by atoms with Crippen LogP contribution in [0.3, 0.4) is 0 Å². The number of imidazole rings is 1.